The highest BCUT2D eigenvalue weighted by Crippen LogP contribution is 2.27. The lowest BCUT2D eigenvalue weighted by Gasteiger charge is -2.23. The van der Waals surface area contributed by atoms with Crippen molar-refractivity contribution < 1.29 is 9.90 Å². The molecule has 1 aromatic heterocycles. The minimum atomic E-state index is -0.107. The fraction of sp³-hybridized carbons (Fsp3) is 0.333. The van der Waals surface area contributed by atoms with E-state index in [0.29, 0.717) is 17.8 Å². The minimum Gasteiger partial charge on any atom is -0.508 e. The lowest BCUT2D eigenvalue weighted by atomic mass is 10.1. The molecule has 0 aliphatic carbocycles. The minimum absolute atomic E-state index is 0.107. The van der Waals surface area contributed by atoms with Gasteiger partial charge in [0.25, 0.3) is 5.91 Å². The van der Waals surface area contributed by atoms with Crippen molar-refractivity contribution >= 4 is 11.6 Å². The Morgan fingerprint density at radius 2 is 2.05 bits per heavy atom. The van der Waals surface area contributed by atoms with Crippen LogP contribution in [0.25, 0.3) is 0 Å². The summed E-state index contributed by atoms with van der Waals surface area (Å²) in [6, 6.07) is 5.03. The molecule has 20 heavy (non-hydrogen) atoms. The van der Waals surface area contributed by atoms with Crippen LogP contribution in [-0.4, -0.2) is 27.8 Å². The summed E-state index contributed by atoms with van der Waals surface area (Å²) in [6.45, 7) is 7.98. The second-order valence-corrected chi connectivity index (χ2v) is 4.83. The number of hydrogen-bond acceptors (Lipinski definition) is 3. The fourth-order valence-corrected chi connectivity index (χ4v) is 2.31. The molecule has 0 saturated carbocycles. The Hall–Kier alpha value is -2.30. The molecule has 0 atom stereocenters. The number of phenolic OH excluding ortho intramolecular Hbond substituents is 1. The average molecular weight is 273 g/mol. The highest BCUT2D eigenvalue weighted by atomic mass is 16.3. The maximum atomic E-state index is 12.7. The molecule has 5 heteroatoms. The molecule has 0 aliphatic heterocycles. The number of hydrogen-bond donors (Lipinski definition) is 2. The van der Waals surface area contributed by atoms with Crippen molar-refractivity contribution in [3.8, 4) is 5.75 Å². The van der Waals surface area contributed by atoms with Gasteiger partial charge in [0, 0.05) is 18.3 Å². The number of aromatic nitrogens is 2. The second kappa shape index (κ2) is 5.36. The number of carbonyl (C=O) groups is 1. The molecule has 2 rings (SSSR count). The lowest BCUT2D eigenvalue weighted by Crippen LogP contribution is -2.32. The van der Waals surface area contributed by atoms with Crippen molar-refractivity contribution in [1.82, 2.24) is 10.2 Å². The first-order chi connectivity index (χ1) is 9.45. The molecule has 0 radical (unpaired) electrons. The Balaban J connectivity index is 2.47. The summed E-state index contributed by atoms with van der Waals surface area (Å²) in [5.74, 6) is 0.0439. The second-order valence-electron chi connectivity index (χ2n) is 4.83. The Morgan fingerprint density at radius 3 is 2.60 bits per heavy atom. The monoisotopic (exact) mass is 273 g/mol. The van der Waals surface area contributed by atoms with Crippen molar-refractivity contribution in [2.24, 2.45) is 0 Å². The summed E-state index contributed by atoms with van der Waals surface area (Å²) in [5.41, 5.74) is 3.69. The molecule has 0 spiro atoms. The van der Waals surface area contributed by atoms with Crippen LogP contribution in [-0.2, 0) is 0 Å². The molecule has 1 amide bonds. The van der Waals surface area contributed by atoms with Gasteiger partial charge in [-0.2, -0.15) is 5.10 Å². The van der Waals surface area contributed by atoms with Crippen molar-refractivity contribution in [3.63, 3.8) is 0 Å². The fourth-order valence-electron chi connectivity index (χ4n) is 2.31. The summed E-state index contributed by atoms with van der Waals surface area (Å²) in [6.07, 6.45) is 0. The topological polar surface area (TPSA) is 69.2 Å². The number of rotatable bonds is 3. The number of benzene rings is 1. The quantitative estimate of drug-likeness (QED) is 0.903. The molecule has 0 unspecified atom stereocenters. The van der Waals surface area contributed by atoms with E-state index < -0.39 is 0 Å². The van der Waals surface area contributed by atoms with Crippen LogP contribution in [0.15, 0.2) is 18.2 Å². The Bertz CT molecular complexity index is 627. The van der Waals surface area contributed by atoms with Gasteiger partial charge in [-0.1, -0.05) is 6.07 Å². The summed E-state index contributed by atoms with van der Waals surface area (Å²) >= 11 is 0. The van der Waals surface area contributed by atoms with E-state index in [1.54, 1.807) is 30.0 Å². The first kappa shape index (κ1) is 14.1. The van der Waals surface area contributed by atoms with E-state index in [1.165, 1.54) is 0 Å². The highest BCUT2D eigenvalue weighted by molar-refractivity contribution is 6.08. The van der Waals surface area contributed by atoms with Gasteiger partial charge in [-0.15, -0.1) is 0 Å². The van der Waals surface area contributed by atoms with Crippen LogP contribution in [0.2, 0.25) is 0 Å². The molecule has 0 bridgehead atoms. The molecular formula is C15H19N3O2. The first-order valence-corrected chi connectivity index (χ1v) is 6.58. The number of amides is 1. The Labute approximate surface area is 118 Å². The van der Waals surface area contributed by atoms with E-state index in [-0.39, 0.29) is 11.7 Å². The number of nitrogens with one attached hydrogen (secondary N) is 1. The van der Waals surface area contributed by atoms with Crippen molar-refractivity contribution in [1.29, 1.82) is 0 Å². The number of anilines is 1. The number of aromatic hydroxyl groups is 1. The Kier molecular flexibility index (Phi) is 3.79. The van der Waals surface area contributed by atoms with Crippen LogP contribution in [0.5, 0.6) is 5.75 Å². The van der Waals surface area contributed by atoms with Crippen LogP contribution < -0.4 is 4.90 Å². The zero-order valence-electron chi connectivity index (χ0n) is 12.2. The van der Waals surface area contributed by atoms with Gasteiger partial charge in [0.1, 0.15) is 5.75 Å². The number of carbonyl (C=O) groups excluding carboxylic acids is 1. The standard InChI is InChI=1S/C15H19N3O2/c1-5-18(13-8-12(19)7-6-9(13)2)15(20)14-10(3)16-17-11(14)4/h6-8,19H,5H2,1-4H3,(H,16,17). The third-order valence-corrected chi connectivity index (χ3v) is 3.39. The first-order valence-electron chi connectivity index (χ1n) is 6.58. The van der Waals surface area contributed by atoms with E-state index >= 15 is 0 Å². The molecule has 106 valence electrons. The van der Waals surface area contributed by atoms with Crippen molar-refractivity contribution in [2.75, 3.05) is 11.4 Å². The Morgan fingerprint density at radius 1 is 1.35 bits per heavy atom. The van der Waals surface area contributed by atoms with E-state index in [9.17, 15) is 9.90 Å². The number of phenols is 1. The molecule has 0 saturated heterocycles. The van der Waals surface area contributed by atoms with Crippen LogP contribution in [0, 0.1) is 20.8 Å². The maximum absolute atomic E-state index is 12.7. The van der Waals surface area contributed by atoms with E-state index in [4.69, 9.17) is 0 Å². The molecule has 1 heterocycles. The summed E-state index contributed by atoms with van der Waals surface area (Å²) in [4.78, 5) is 14.4. The molecule has 2 N–H and O–H groups in total. The van der Waals surface area contributed by atoms with Gasteiger partial charge < -0.3 is 10.0 Å². The van der Waals surface area contributed by atoms with E-state index in [0.717, 1.165) is 16.9 Å². The molecule has 1 aromatic carbocycles. The van der Waals surface area contributed by atoms with E-state index in [1.807, 2.05) is 20.8 Å². The van der Waals surface area contributed by atoms with Crippen molar-refractivity contribution in [3.05, 3.63) is 40.7 Å². The molecule has 2 aromatic rings. The summed E-state index contributed by atoms with van der Waals surface area (Å²) < 4.78 is 0. The number of H-pyrrole nitrogens is 1. The third kappa shape index (κ3) is 2.39. The average Bonchev–Trinajstić information content (AvgIpc) is 2.74. The van der Waals surface area contributed by atoms with Gasteiger partial charge in [0.05, 0.1) is 16.9 Å². The largest absolute Gasteiger partial charge is 0.508 e. The van der Waals surface area contributed by atoms with Gasteiger partial charge in [0.15, 0.2) is 0 Å². The predicted octanol–water partition coefficient (Wildman–Crippen LogP) is 2.71. The summed E-state index contributed by atoms with van der Waals surface area (Å²) in [5, 5.41) is 16.5. The van der Waals surface area contributed by atoms with Gasteiger partial charge in [-0.25, -0.2) is 0 Å². The van der Waals surface area contributed by atoms with Crippen LogP contribution in [0.3, 0.4) is 0 Å². The lowest BCUT2D eigenvalue weighted by molar-refractivity contribution is 0.0987. The van der Waals surface area contributed by atoms with E-state index in [2.05, 4.69) is 10.2 Å². The molecule has 0 aliphatic rings. The highest BCUT2D eigenvalue weighted by Gasteiger charge is 2.23. The normalized spacial score (nSPS) is 10.6. The number of aromatic amines is 1. The SMILES string of the molecule is CCN(C(=O)c1c(C)n[nH]c1C)c1cc(O)ccc1C. The zero-order chi connectivity index (χ0) is 14.9. The van der Waals surface area contributed by atoms with Gasteiger partial charge in [-0.3, -0.25) is 9.89 Å². The number of aryl methyl sites for hydroxylation is 3. The van der Waals surface area contributed by atoms with Crippen LogP contribution in [0.1, 0.15) is 34.2 Å². The van der Waals surface area contributed by atoms with Gasteiger partial charge >= 0.3 is 0 Å². The van der Waals surface area contributed by atoms with Gasteiger partial charge in [-0.05, 0) is 39.3 Å². The molecule has 0 fully saturated rings. The smallest absolute Gasteiger partial charge is 0.262 e. The van der Waals surface area contributed by atoms with Crippen LogP contribution in [0.4, 0.5) is 5.69 Å². The maximum Gasteiger partial charge on any atom is 0.262 e. The summed E-state index contributed by atoms with van der Waals surface area (Å²) in [7, 11) is 0. The predicted molar refractivity (Wildman–Crippen MR) is 78.3 cm³/mol. The van der Waals surface area contributed by atoms with Gasteiger partial charge in [0.2, 0.25) is 0 Å². The molecule has 5 nitrogen and oxygen atoms in total. The number of nitrogens with zero attached hydrogens (tertiary/aromatic N) is 2. The zero-order valence-corrected chi connectivity index (χ0v) is 12.2. The van der Waals surface area contributed by atoms with Crippen molar-refractivity contribution in [2.45, 2.75) is 27.7 Å². The molecular weight excluding hydrogens is 254 g/mol. The third-order valence-electron chi connectivity index (χ3n) is 3.39. The van der Waals surface area contributed by atoms with Crippen LogP contribution >= 0.6 is 0 Å².